The van der Waals surface area contributed by atoms with Crippen molar-refractivity contribution in [2.24, 2.45) is 0 Å². The zero-order valence-corrected chi connectivity index (χ0v) is 16.4. The fourth-order valence-corrected chi connectivity index (χ4v) is 4.59. The number of nitrogens with one attached hydrogen (secondary N) is 2. The van der Waals surface area contributed by atoms with Gasteiger partial charge in [0.2, 0.25) is 0 Å². The Morgan fingerprint density at radius 1 is 0.966 bits per heavy atom. The van der Waals surface area contributed by atoms with Crippen LogP contribution in [0.5, 0.6) is 0 Å². The van der Waals surface area contributed by atoms with E-state index in [1.807, 2.05) is 0 Å². The first-order valence-corrected chi connectivity index (χ1v) is 10.8. The Hall–Kier alpha value is -3.30. The molecule has 1 aromatic heterocycles. The number of sulfonamides is 1. The van der Waals surface area contributed by atoms with Crippen LogP contribution in [0.15, 0.2) is 77.7 Å². The van der Waals surface area contributed by atoms with Gasteiger partial charge in [-0.2, -0.15) is 0 Å². The average molecular weight is 427 g/mol. The molecule has 0 atom stereocenters. The zero-order chi connectivity index (χ0) is 20.4. The van der Waals surface area contributed by atoms with Crippen molar-refractivity contribution >= 4 is 48.3 Å². The summed E-state index contributed by atoms with van der Waals surface area (Å²) in [6, 6.07) is 18.2. The van der Waals surface area contributed by atoms with Crippen molar-refractivity contribution in [1.82, 2.24) is 4.98 Å². The van der Waals surface area contributed by atoms with Crippen LogP contribution in [-0.4, -0.2) is 19.3 Å². The summed E-state index contributed by atoms with van der Waals surface area (Å²) < 4.78 is 41.1. The summed E-state index contributed by atoms with van der Waals surface area (Å²) in [6.07, 6.45) is 0. The fourth-order valence-electron chi connectivity index (χ4n) is 2.62. The normalized spacial score (nSPS) is 11.3. The van der Waals surface area contributed by atoms with E-state index >= 15 is 0 Å². The molecule has 0 unspecified atom stereocenters. The molecule has 1 amide bonds. The maximum atomic E-state index is 13.3. The van der Waals surface area contributed by atoms with E-state index in [0.29, 0.717) is 26.6 Å². The van der Waals surface area contributed by atoms with E-state index in [4.69, 9.17) is 0 Å². The molecule has 0 bridgehead atoms. The van der Waals surface area contributed by atoms with Crippen molar-refractivity contribution in [3.63, 3.8) is 0 Å². The van der Waals surface area contributed by atoms with Crippen LogP contribution < -0.4 is 10.0 Å². The average Bonchev–Trinajstić information content (AvgIpc) is 3.10. The lowest BCUT2D eigenvalue weighted by Gasteiger charge is -2.08. The van der Waals surface area contributed by atoms with Crippen molar-refractivity contribution in [2.75, 3.05) is 10.0 Å². The van der Waals surface area contributed by atoms with Crippen molar-refractivity contribution in [3.05, 3.63) is 84.2 Å². The first-order valence-electron chi connectivity index (χ1n) is 8.46. The van der Waals surface area contributed by atoms with Crippen LogP contribution >= 0.6 is 11.3 Å². The first-order chi connectivity index (χ1) is 13.9. The van der Waals surface area contributed by atoms with Crippen LogP contribution in [-0.2, 0) is 10.0 Å². The van der Waals surface area contributed by atoms with E-state index in [9.17, 15) is 17.6 Å². The van der Waals surface area contributed by atoms with Gasteiger partial charge in [0, 0.05) is 11.3 Å². The minimum atomic E-state index is -3.70. The molecule has 2 N–H and O–H groups in total. The first kappa shape index (κ1) is 19.0. The molecule has 0 aliphatic carbocycles. The van der Waals surface area contributed by atoms with Crippen molar-refractivity contribution in [3.8, 4) is 0 Å². The topological polar surface area (TPSA) is 88.2 Å². The highest BCUT2D eigenvalue weighted by molar-refractivity contribution is 7.92. The molecule has 3 aromatic carbocycles. The quantitative estimate of drug-likeness (QED) is 0.491. The summed E-state index contributed by atoms with van der Waals surface area (Å²) in [5.74, 6) is -0.769. The second kappa shape index (κ2) is 7.61. The number of carbonyl (C=O) groups excluding carboxylic acids is 1. The van der Waals surface area contributed by atoms with Gasteiger partial charge < -0.3 is 0 Å². The molecule has 0 saturated heterocycles. The van der Waals surface area contributed by atoms with E-state index in [0.717, 1.165) is 0 Å². The molecule has 0 aliphatic heterocycles. The summed E-state index contributed by atoms with van der Waals surface area (Å²) in [6.45, 7) is 0. The molecule has 4 aromatic rings. The number of aromatic nitrogens is 1. The molecule has 29 heavy (non-hydrogen) atoms. The molecule has 0 fully saturated rings. The van der Waals surface area contributed by atoms with Gasteiger partial charge in [0.15, 0.2) is 5.13 Å². The Bertz CT molecular complexity index is 1290. The molecule has 6 nitrogen and oxygen atoms in total. The number of rotatable bonds is 5. The van der Waals surface area contributed by atoms with Crippen molar-refractivity contribution in [1.29, 1.82) is 0 Å². The van der Waals surface area contributed by atoms with Crippen molar-refractivity contribution in [2.45, 2.75) is 4.90 Å². The van der Waals surface area contributed by atoms with Crippen LogP contribution in [0.25, 0.3) is 10.2 Å². The van der Waals surface area contributed by atoms with Crippen LogP contribution in [0.1, 0.15) is 10.4 Å². The van der Waals surface area contributed by atoms with Gasteiger partial charge in [-0.15, -0.1) is 0 Å². The lowest BCUT2D eigenvalue weighted by Crippen LogP contribution is -2.14. The minimum absolute atomic E-state index is 0.147. The third-order valence-electron chi connectivity index (χ3n) is 4.02. The van der Waals surface area contributed by atoms with Gasteiger partial charge in [-0.25, -0.2) is 17.8 Å². The Morgan fingerprint density at radius 2 is 1.69 bits per heavy atom. The summed E-state index contributed by atoms with van der Waals surface area (Å²) in [4.78, 5) is 16.8. The number of halogens is 1. The number of hydrogen-bond acceptors (Lipinski definition) is 5. The molecule has 146 valence electrons. The fraction of sp³-hybridized carbons (Fsp3) is 0. The largest absolute Gasteiger partial charge is 0.298 e. The van der Waals surface area contributed by atoms with Crippen molar-refractivity contribution < 1.29 is 17.6 Å². The van der Waals surface area contributed by atoms with Gasteiger partial charge >= 0.3 is 0 Å². The number of benzene rings is 3. The number of amides is 1. The van der Waals surface area contributed by atoms with Crippen LogP contribution in [0, 0.1) is 5.82 Å². The summed E-state index contributed by atoms with van der Waals surface area (Å²) in [5, 5.41) is 3.02. The Morgan fingerprint density at radius 3 is 2.41 bits per heavy atom. The smallest absolute Gasteiger partial charge is 0.261 e. The number of thiazole rings is 1. The van der Waals surface area contributed by atoms with E-state index in [1.165, 1.54) is 59.9 Å². The maximum absolute atomic E-state index is 13.3. The number of fused-ring (bicyclic) bond motifs is 1. The van der Waals surface area contributed by atoms with Gasteiger partial charge in [0.25, 0.3) is 15.9 Å². The molecule has 9 heteroatoms. The SMILES string of the molecule is O=C(Nc1nc2ccc(F)cc2s1)c1ccc(NS(=O)(=O)c2ccccc2)cc1. The molecular weight excluding hydrogens is 413 g/mol. The lowest BCUT2D eigenvalue weighted by atomic mass is 10.2. The second-order valence-electron chi connectivity index (χ2n) is 6.08. The molecular formula is C20H14FN3O3S2. The predicted octanol–water partition coefficient (Wildman–Crippen LogP) is 4.49. The maximum Gasteiger partial charge on any atom is 0.261 e. The summed E-state index contributed by atoms with van der Waals surface area (Å²) >= 11 is 1.17. The molecule has 0 saturated carbocycles. The van der Waals surface area contributed by atoms with Gasteiger partial charge in [0.05, 0.1) is 15.1 Å². The molecule has 0 spiro atoms. The summed E-state index contributed by atoms with van der Waals surface area (Å²) in [5.41, 5.74) is 1.26. The third-order valence-corrected chi connectivity index (χ3v) is 6.35. The standard InChI is InChI=1S/C20H14FN3O3S2/c21-14-8-11-17-18(12-14)28-20(22-17)23-19(25)13-6-9-15(10-7-13)24-29(26,27)16-4-2-1-3-5-16/h1-12,24H,(H,22,23,25). The molecule has 1 heterocycles. The van der Waals surface area contributed by atoms with Gasteiger partial charge in [-0.05, 0) is 54.6 Å². The predicted molar refractivity (Wildman–Crippen MR) is 111 cm³/mol. The molecule has 4 rings (SSSR count). The van der Waals surface area contributed by atoms with Crippen LogP contribution in [0.4, 0.5) is 15.2 Å². The Balaban J connectivity index is 1.47. The van der Waals surface area contributed by atoms with Crippen LogP contribution in [0.2, 0.25) is 0 Å². The highest BCUT2D eigenvalue weighted by Crippen LogP contribution is 2.27. The van der Waals surface area contributed by atoms with E-state index < -0.39 is 15.9 Å². The van der Waals surface area contributed by atoms with E-state index in [1.54, 1.807) is 24.3 Å². The number of anilines is 2. The lowest BCUT2D eigenvalue weighted by molar-refractivity contribution is 0.102. The second-order valence-corrected chi connectivity index (χ2v) is 8.79. The van der Waals surface area contributed by atoms with E-state index in [-0.39, 0.29) is 10.7 Å². The number of carbonyl (C=O) groups is 1. The number of hydrogen-bond donors (Lipinski definition) is 2. The van der Waals surface area contributed by atoms with Gasteiger partial charge in [0.1, 0.15) is 5.82 Å². The van der Waals surface area contributed by atoms with Gasteiger partial charge in [-0.3, -0.25) is 14.8 Å². The van der Waals surface area contributed by atoms with Gasteiger partial charge in [-0.1, -0.05) is 29.5 Å². The highest BCUT2D eigenvalue weighted by atomic mass is 32.2. The van der Waals surface area contributed by atoms with E-state index in [2.05, 4.69) is 15.0 Å². The molecule has 0 aliphatic rings. The Labute approximate surface area is 170 Å². The van der Waals surface area contributed by atoms with Crippen LogP contribution in [0.3, 0.4) is 0 Å². The third kappa shape index (κ3) is 4.25. The number of nitrogens with zero attached hydrogens (tertiary/aromatic N) is 1. The minimum Gasteiger partial charge on any atom is -0.298 e. The highest BCUT2D eigenvalue weighted by Gasteiger charge is 2.14. The monoisotopic (exact) mass is 427 g/mol. The Kier molecular flexibility index (Phi) is 4.99. The zero-order valence-electron chi connectivity index (χ0n) is 14.8. The molecule has 0 radical (unpaired) electrons. The summed E-state index contributed by atoms with van der Waals surface area (Å²) in [7, 11) is -3.70.